The fourth-order valence-electron chi connectivity index (χ4n) is 4.78. The van der Waals surface area contributed by atoms with Gasteiger partial charge >= 0.3 is 0 Å². The van der Waals surface area contributed by atoms with Crippen molar-refractivity contribution >= 4 is 24.8 Å². The topological polar surface area (TPSA) is 40.6 Å². The van der Waals surface area contributed by atoms with E-state index in [1.165, 1.54) is 57.4 Å². The molecular formula is C20H34Cl2N4O. The van der Waals surface area contributed by atoms with E-state index in [0.717, 1.165) is 32.8 Å². The van der Waals surface area contributed by atoms with Gasteiger partial charge in [0.05, 0.1) is 11.3 Å². The first-order valence-corrected chi connectivity index (χ1v) is 10.0. The van der Waals surface area contributed by atoms with Gasteiger partial charge in [-0.2, -0.15) is 0 Å². The van der Waals surface area contributed by atoms with Gasteiger partial charge in [0, 0.05) is 38.5 Å². The number of rotatable bonds is 3. The molecule has 27 heavy (non-hydrogen) atoms. The Morgan fingerprint density at radius 1 is 1.11 bits per heavy atom. The lowest BCUT2D eigenvalue weighted by atomic mass is 9.82. The summed E-state index contributed by atoms with van der Waals surface area (Å²) in [4.78, 5) is 9.82. The maximum absolute atomic E-state index is 6.27. The van der Waals surface area contributed by atoms with E-state index in [9.17, 15) is 0 Å². The Bertz CT molecular complexity index is 537. The molecule has 1 atom stereocenters. The number of hydrogen-bond donors (Lipinski definition) is 1. The Balaban J connectivity index is 0.00000131. The van der Waals surface area contributed by atoms with E-state index >= 15 is 0 Å². The first-order chi connectivity index (χ1) is 12.3. The number of piperidine rings is 1. The summed E-state index contributed by atoms with van der Waals surface area (Å²) in [6.07, 6.45) is 7.97. The maximum atomic E-state index is 6.27. The molecule has 0 saturated carbocycles. The molecule has 154 valence electrons. The summed E-state index contributed by atoms with van der Waals surface area (Å²) < 4.78 is 6.27. The minimum Gasteiger partial charge on any atom is -0.375 e. The van der Waals surface area contributed by atoms with Gasteiger partial charge in [-0.15, -0.1) is 24.8 Å². The van der Waals surface area contributed by atoms with Crippen LogP contribution in [0.4, 0.5) is 0 Å². The van der Waals surface area contributed by atoms with Crippen LogP contribution in [0.2, 0.25) is 0 Å². The summed E-state index contributed by atoms with van der Waals surface area (Å²) in [5, 5.41) is 3.48. The van der Waals surface area contributed by atoms with E-state index in [1.807, 2.05) is 12.3 Å². The standard InChI is InChI=1S/C20H32N4O.2ClH/c1-2-8-22-18(4-1)17-23-11-3-12-24(14-13-23)19-5-15-25-20(16-19)6-9-21-10-7-20;;/h1-2,4,8,19,21H,3,5-7,9-17H2;2*1H. The second-order valence-electron chi connectivity index (χ2n) is 7.91. The second kappa shape index (κ2) is 10.9. The predicted octanol–water partition coefficient (Wildman–Crippen LogP) is 2.73. The van der Waals surface area contributed by atoms with Crippen LogP contribution in [0.25, 0.3) is 0 Å². The Kier molecular flexibility index (Phi) is 9.26. The molecule has 4 rings (SSSR count). The quantitative estimate of drug-likeness (QED) is 0.819. The van der Waals surface area contributed by atoms with Crippen molar-refractivity contribution in [3.05, 3.63) is 30.1 Å². The Labute approximate surface area is 176 Å². The minimum absolute atomic E-state index is 0. The van der Waals surface area contributed by atoms with Crippen molar-refractivity contribution in [1.82, 2.24) is 20.1 Å². The van der Waals surface area contributed by atoms with Crippen LogP contribution in [0, 0.1) is 0 Å². The van der Waals surface area contributed by atoms with Gasteiger partial charge in [0.2, 0.25) is 0 Å². The fraction of sp³-hybridized carbons (Fsp3) is 0.750. The van der Waals surface area contributed by atoms with E-state index in [-0.39, 0.29) is 30.4 Å². The molecule has 1 aromatic heterocycles. The highest BCUT2D eigenvalue weighted by atomic mass is 35.5. The van der Waals surface area contributed by atoms with Crippen molar-refractivity contribution in [2.24, 2.45) is 0 Å². The van der Waals surface area contributed by atoms with Crippen LogP contribution in [0.1, 0.15) is 37.8 Å². The molecular weight excluding hydrogens is 383 g/mol. The molecule has 3 aliphatic rings. The minimum atomic E-state index is 0. The average molecular weight is 417 g/mol. The lowest BCUT2D eigenvalue weighted by Crippen LogP contribution is -2.53. The fourth-order valence-corrected chi connectivity index (χ4v) is 4.78. The number of ether oxygens (including phenoxy) is 1. The van der Waals surface area contributed by atoms with E-state index in [4.69, 9.17) is 4.74 Å². The molecule has 3 aliphatic heterocycles. The van der Waals surface area contributed by atoms with Gasteiger partial charge in [-0.25, -0.2) is 0 Å². The van der Waals surface area contributed by atoms with Crippen molar-refractivity contribution in [2.75, 3.05) is 45.9 Å². The Hall–Kier alpha value is -0.430. The molecule has 0 amide bonds. The SMILES string of the molecule is Cl.Cl.c1ccc(CN2CCCN(C3CCOC4(CCNCC4)C3)CC2)nc1. The van der Waals surface area contributed by atoms with Gasteiger partial charge in [-0.3, -0.25) is 14.8 Å². The largest absolute Gasteiger partial charge is 0.375 e. The van der Waals surface area contributed by atoms with Crippen LogP contribution in [0.3, 0.4) is 0 Å². The molecule has 1 unspecified atom stereocenters. The zero-order chi connectivity index (χ0) is 17.0. The van der Waals surface area contributed by atoms with Crippen molar-refractivity contribution in [2.45, 2.75) is 50.3 Å². The third-order valence-electron chi connectivity index (χ3n) is 6.23. The third kappa shape index (κ3) is 6.02. The molecule has 1 N–H and O–H groups in total. The summed E-state index contributed by atoms with van der Waals surface area (Å²) in [6.45, 7) is 8.92. The van der Waals surface area contributed by atoms with E-state index < -0.39 is 0 Å². The monoisotopic (exact) mass is 416 g/mol. The van der Waals surface area contributed by atoms with Gasteiger partial charge in [-0.1, -0.05) is 6.07 Å². The average Bonchev–Trinajstić information content (AvgIpc) is 2.89. The highest BCUT2D eigenvalue weighted by Gasteiger charge is 2.40. The van der Waals surface area contributed by atoms with Gasteiger partial charge in [0.15, 0.2) is 0 Å². The molecule has 5 nitrogen and oxygen atoms in total. The summed E-state index contributed by atoms with van der Waals surface area (Å²) in [6, 6.07) is 6.94. The van der Waals surface area contributed by atoms with Crippen LogP contribution in [0.5, 0.6) is 0 Å². The molecule has 1 spiro atoms. The molecule has 1 aromatic rings. The molecule has 4 heterocycles. The zero-order valence-corrected chi connectivity index (χ0v) is 17.8. The lowest BCUT2D eigenvalue weighted by molar-refractivity contribution is -0.120. The van der Waals surface area contributed by atoms with Gasteiger partial charge in [-0.05, 0) is 70.4 Å². The first kappa shape index (κ1) is 22.9. The van der Waals surface area contributed by atoms with Crippen molar-refractivity contribution in [3.8, 4) is 0 Å². The summed E-state index contributed by atoms with van der Waals surface area (Å²) in [5.74, 6) is 0. The smallest absolute Gasteiger partial charge is 0.0721 e. The Morgan fingerprint density at radius 3 is 2.74 bits per heavy atom. The maximum Gasteiger partial charge on any atom is 0.0721 e. The normalized spacial score (nSPS) is 26.6. The van der Waals surface area contributed by atoms with E-state index in [2.05, 4.69) is 32.2 Å². The summed E-state index contributed by atoms with van der Waals surface area (Å²) >= 11 is 0. The first-order valence-electron chi connectivity index (χ1n) is 10.0. The summed E-state index contributed by atoms with van der Waals surface area (Å²) in [7, 11) is 0. The van der Waals surface area contributed by atoms with Crippen LogP contribution >= 0.6 is 24.8 Å². The van der Waals surface area contributed by atoms with Gasteiger partial charge in [0.1, 0.15) is 0 Å². The lowest BCUT2D eigenvalue weighted by Gasteiger charge is -2.46. The number of nitrogens with zero attached hydrogens (tertiary/aromatic N) is 3. The molecule has 3 fully saturated rings. The predicted molar refractivity (Wildman–Crippen MR) is 114 cm³/mol. The number of hydrogen-bond acceptors (Lipinski definition) is 5. The van der Waals surface area contributed by atoms with Crippen molar-refractivity contribution in [3.63, 3.8) is 0 Å². The number of nitrogens with one attached hydrogen (secondary N) is 1. The van der Waals surface area contributed by atoms with Crippen LogP contribution in [0.15, 0.2) is 24.4 Å². The van der Waals surface area contributed by atoms with Crippen molar-refractivity contribution < 1.29 is 4.74 Å². The number of aromatic nitrogens is 1. The molecule has 0 aromatic carbocycles. The van der Waals surface area contributed by atoms with Gasteiger partial charge in [0.25, 0.3) is 0 Å². The van der Waals surface area contributed by atoms with Crippen LogP contribution in [-0.2, 0) is 11.3 Å². The number of pyridine rings is 1. The van der Waals surface area contributed by atoms with Gasteiger partial charge < -0.3 is 10.1 Å². The molecule has 3 saturated heterocycles. The van der Waals surface area contributed by atoms with Crippen LogP contribution in [-0.4, -0.2) is 72.3 Å². The van der Waals surface area contributed by atoms with E-state index in [1.54, 1.807) is 0 Å². The van der Waals surface area contributed by atoms with E-state index in [0.29, 0.717) is 6.04 Å². The van der Waals surface area contributed by atoms with Crippen LogP contribution < -0.4 is 5.32 Å². The highest BCUT2D eigenvalue weighted by molar-refractivity contribution is 5.85. The third-order valence-corrected chi connectivity index (χ3v) is 6.23. The second-order valence-corrected chi connectivity index (χ2v) is 7.91. The number of halogens is 2. The zero-order valence-electron chi connectivity index (χ0n) is 16.1. The Morgan fingerprint density at radius 2 is 1.96 bits per heavy atom. The highest BCUT2D eigenvalue weighted by Crippen LogP contribution is 2.35. The molecule has 7 heteroatoms. The molecule has 0 bridgehead atoms. The summed E-state index contributed by atoms with van der Waals surface area (Å²) in [5.41, 5.74) is 1.35. The van der Waals surface area contributed by atoms with Crippen molar-refractivity contribution in [1.29, 1.82) is 0 Å². The molecule has 0 radical (unpaired) electrons. The molecule has 0 aliphatic carbocycles.